The van der Waals surface area contributed by atoms with Gasteiger partial charge in [-0.3, -0.25) is 0 Å². The SMILES string of the molecule is Cc1nn(C(C)C)c2nc(-c3cccs3)cc(C(F)F)c12. The van der Waals surface area contributed by atoms with Gasteiger partial charge in [0, 0.05) is 11.6 Å². The quantitative estimate of drug-likeness (QED) is 0.682. The maximum atomic E-state index is 13.4. The highest BCUT2D eigenvalue weighted by Gasteiger charge is 2.21. The molecule has 0 bridgehead atoms. The standard InChI is InChI=1S/C15H15F2N3S/c1-8(2)20-15-13(9(3)19-20)10(14(16)17)7-11(18-15)12-5-4-6-21-12/h4-8,14H,1-3H3. The summed E-state index contributed by atoms with van der Waals surface area (Å²) in [6, 6.07) is 5.33. The fraction of sp³-hybridized carbons (Fsp3) is 0.333. The van der Waals surface area contributed by atoms with Gasteiger partial charge in [0.15, 0.2) is 5.65 Å². The number of aromatic nitrogens is 3. The lowest BCUT2D eigenvalue weighted by molar-refractivity contribution is 0.153. The van der Waals surface area contributed by atoms with Crippen LogP contribution < -0.4 is 0 Å². The maximum Gasteiger partial charge on any atom is 0.264 e. The van der Waals surface area contributed by atoms with E-state index in [1.54, 1.807) is 11.6 Å². The van der Waals surface area contributed by atoms with Crippen molar-refractivity contribution in [1.82, 2.24) is 14.8 Å². The number of thiophene rings is 1. The molecule has 0 saturated heterocycles. The van der Waals surface area contributed by atoms with Gasteiger partial charge in [-0.05, 0) is 38.3 Å². The third-order valence-corrected chi connectivity index (χ3v) is 4.26. The number of hydrogen-bond acceptors (Lipinski definition) is 3. The second-order valence-corrected chi connectivity index (χ2v) is 6.14. The topological polar surface area (TPSA) is 30.7 Å². The molecule has 0 spiro atoms. The molecule has 3 rings (SSSR count). The predicted molar refractivity (Wildman–Crippen MR) is 80.9 cm³/mol. The summed E-state index contributed by atoms with van der Waals surface area (Å²) in [7, 11) is 0. The van der Waals surface area contributed by atoms with E-state index >= 15 is 0 Å². The highest BCUT2D eigenvalue weighted by atomic mass is 32.1. The van der Waals surface area contributed by atoms with Crippen molar-refractivity contribution >= 4 is 22.4 Å². The Labute approximate surface area is 125 Å². The Kier molecular flexibility index (Phi) is 3.49. The average Bonchev–Trinajstić information content (AvgIpc) is 3.06. The van der Waals surface area contributed by atoms with Gasteiger partial charge in [-0.15, -0.1) is 11.3 Å². The number of nitrogens with zero attached hydrogens (tertiary/aromatic N) is 3. The number of aryl methyl sites for hydroxylation is 1. The lowest BCUT2D eigenvalue weighted by atomic mass is 10.1. The molecule has 6 heteroatoms. The molecular formula is C15H15F2N3S. The monoisotopic (exact) mass is 307 g/mol. The fourth-order valence-electron chi connectivity index (χ4n) is 2.43. The molecule has 0 aromatic carbocycles. The molecule has 110 valence electrons. The molecule has 0 amide bonds. The number of alkyl halides is 2. The fourth-order valence-corrected chi connectivity index (χ4v) is 3.12. The van der Waals surface area contributed by atoms with Crippen LogP contribution in [0.1, 0.15) is 37.6 Å². The van der Waals surface area contributed by atoms with Crippen molar-refractivity contribution < 1.29 is 8.78 Å². The minimum Gasteiger partial charge on any atom is -0.244 e. The third kappa shape index (κ3) is 2.33. The van der Waals surface area contributed by atoms with Gasteiger partial charge in [-0.1, -0.05) is 6.07 Å². The largest absolute Gasteiger partial charge is 0.264 e. The van der Waals surface area contributed by atoms with Crippen LogP contribution in [0.15, 0.2) is 23.6 Å². The second kappa shape index (κ2) is 5.18. The van der Waals surface area contributed by atoms with Crippen LogP contribution in [0.3, 0.4) is 0 Å². The summed E-state index contributed by atoms with van der Waals surface area (Å²) in [6.07, 6.45) is -2.54. The van der Waals surface area contributed by atoms with E-state index in [4.69, 9.17) is 0 Å². The highest BCUT2D eigenvalue weighted by Crippen LogP contribution is 2.34. The molecule has 3 heterocycles. The molecule has 0 atom stereocenters. The lowest BCUT2D eigenvalue weighted by Crippen LogP contribution is -2.04. The molecule has 0 fully saturated rings. The van der Waals surface area contributed by atoms with Gasteiger partial charge < -0.3 is 0 Å². The Hall–Kier alpha value is -1.82. The van der Waals surface area contributed by atoms with E-state index in [1.165, 1.54) is 17.4 Å². The first-order valence-electron chi connectivity index (χ1n) is 6.70. The molecule has 0 aliphatic rings. The number of pyridine rings is 1. The lowest BCUT2D eigenvalue weighted by Gasteiger charge is -2.09. The van der Waals surface area contributed by atoms with Crippen LogP contribution in [0.25, 0.3) is 21.6 Å². The van der Waals surface area contributed by atoms with E-state index in [-0.39, 0.29) is 11.6 Å². The van der Waals surface area contributed by atoms with Crippen molar-refractivity contribution in [2.45, 2.75) is 33.2 Å². The summed E-state index contributed by atoms with van der Waals surface area (Å²) in [5, 5.41) is 6.76. The van der Waals surface area contributed by atoms with Crippen molar-refractivity contribution in [2.75, 3.05) is 0 Å². The van der Waals surface area contributed by atoms with Crippen LogP contribution in [0.2, 0.25) is 0 Å². The van der Waals surface area contributed by atoms with E-state index in [0.29, 0.717) is 22.4 Å². The van der Waals surface area contributed by atoms with Gasteiger partial charge in [0.2, 0.25) is 0 Å². The number of halogens is 2. The van der Waals surface area contributed by atoms with Gasteiger partial charge in [0.05, 0.1) is 21.7 Å². The number of fused-ring (bicyclic) bond motifs is 1. The van der Waals surface area contributed by atoms with Gasteiger partial charge in [0.1, 0.15) is 0 Å². The average molecular weight is 307 g/mol. The molecule has 0 saturated carbocycles. The van der Waals surface area contributed by atoms with E-state index in [9.17, 15) is 8.78 Å². The highest BCUT2D eigenvalue weighted by molar-refractivity contribution is 7.13. The van der Waals surface area contributed by atoms with Gasteiger partial charge in [-0.25, -0.2) is 18.4 Å². The maximum absolute atomic E-state index is 13.4. The van der Waals surface area contributed by atoms with Gasteiger partial charge >= 0.3 is 0 Å². The van der Waals surface area contributed by atoms with Crippen molar-refractivity contribution in [2.24, 2.45) is 0 Å². The molecule has 0 N–H and O–H groups in total. The van der Waals surface area contributed by atoms with E-state index in [0.717, 1.165) is 4.88 Å². The number of rotatable bonds is 3. The second-order valence-electron chi connectivity index (χ2n) is 5.20. The molecule has 0 radical (unpaired) electrons. The Bertz CT molecular complexity index is 776. The smallest absolute Gasteiger partial charge is 0.244 e. The first kappa shape index (κ1) is 14.1. The summed E-state index contributed by atoms with van der Waals surface area (Å²) < 4.78 is 28.6. The van der Waals surface area contributed by atoms with Crippen LogP contribution in [-0.2, 0) is 0 Å². The molecule has 21 heavy (non-hydrogen) atoms. The first-order chi connectivity index (χ1) is 9.99. The van der Waals surface area contributed by atoms with Crippen LogP contribution in [-0.4, -0.2) is 14.8 Å². The summed E-state index contributed by atoms with van der Waals surface area (Å²) in [4.78, 5) is 5.46. The molecule has 3 nitrogen and oxygen atoms in total. The Morgan fingerprint density at radius 3 is 2.62 bits per heavy atom. The third-order valence-electron chi connectivity index (χ3n) is 3.37. The zero-order valence-corrected chi connectivity index (χ0v) is 12.8. The van der Waals surface area contributed by atoms with E-state index in [1.807, 2.05) is 31.4 Å². The minimum atomic E-state index is -2.54. The van der Waals surface area contributed by atoms with Crippen molar-refractivity contribution in [3.8, 4) is 10.6 Å². The van der Waals surface area contributed by atoms with Crippen LogP contribution in [0.4, 0.5) is 8.78 Å². The zero-order chi connectivity index (χ0) is 15.1. The molecule has 0 unspecified atom stereocenters. The normalized spacial score (nSPS) is 12.0. The van der Waals surface area contributed by atoms with Crippen LogP contribution in [0.5, 0.6) is 0 Å². The van der Waals surface area contributed by atoms with E-state index < -0.39 is 6.43 Å². The summed E-state index contributed by atoms with van der Waals surface area (Å²) in [6.45, 7) is 5.68. The Morgan fingerprint density at radius 2 is 2.05 bits per heavy atom. The Balaban J connectivity index is 2.36. The molecule has 3 aromatic rings. The summed E-state index contributed by atoms with van der Waals surface area (Å²) >= 11 is 1.49. The van der Waals surface area contributed by atoms with Crippen molar-refractivity contribution in [1.29, 1.82) is 0 Å². The number of hydrogen-bond donors (Lipinski definition) is 0. The minimum absolute atomic E-state index is 0.00722. The van der Waals surface area contributed by atoms with Crippen molar-refractivity contribution in [3.63, 3.8) is 0 Å². The summed E-state index contributed by atoms with van der Waals surface area (Å²) in [5.74, 6) is 0. The predicted octanol–water partition coefficient (Wildman–Crippen LogP) is 4.99. The van der Waals surface area contributed by atoms with Gasteiger partial charge in [0.25, 0.3) is 6.43 Å². The van der Waals surface area contributed by atoms with Gasteiger partial charge in [-0.2, -0.15) is 5.10 Å². The molecule has 0 aliphatic heterocycles. The van der Waals surface area contributed by atoms with Crippen LogP contribution in [0, 0.1) is 6.92 Å². The molecule has 0 aliphatic carbocycles. The Morgan fingerprint density at radius 1 is 1.29 bits per heavy atom. The molecule has 3 aromatic heterocycles. The van der Waals surface area contributed by atoms with Crippen molar-refractivity contribution in [3.05, 3.63) is 34.8 Å². The van der Waals surface area contributed by atoms with E-state index in [2.05, 4.69) is 10.1 Å². The first-order valence-corrected chi connectivity index (χ1v) is 7.58. The summed E-state index contributed by atoms with van der Waals surface area (Å²) in [5.41, 5.74) is 1.71. The molecular weight excluding hydrogens is 292 g/mol. The van der Waals surface area contributed by atoms with Crippen LogP contribution >= 0.6 is 11.3 Å². The zero-order valence-electron chi connectivity index (χ0n) is 12.0.